The summed E-state index contributed by atoms with van der Waals surface area (Å²) in [5.41, 5.74) is 2.20. The van der Waals surface area contributed by atoms with Gasteiger partial charge in [-0.15, -0.1) is 0 Å². The molecule has 0 aliphatic heterocycles. The van der Waals surface area contributed by atoms with Crippen LogP contribution in [0.5, 0.6) is 0 Å². The number of halogens is 1. The molecule has 0 aliphatic carbocycles. The summed E-state index contributed by atoms with van der Waals surface area (Å²) in [5, 5.41) is 4.00. The standard InChI is InChI=1S/C18H25ClN4OS/c1-20-18(23(3)13-17-11-16(19)12-22(17)2)21-9-10-25(24)14-15-7-5-4-6-8-15/h4-8,11-12H,9-10,13-14H2,1-3H3,(H,20,21). The Morgan fingerprint density at radius 2 is 2.08 bits per heavy atom. The van der Waals surface area contributed by atoms with Crippen molar-refractivity contribution >= 4 is 28.4 Å². The van der Waals surface area contributed by atoms with Crippen molar-refractivity contribution in [3.63, 3.8) is 0 Å². The van der Waals surface area contributed by atoms with Crippen LogP contribution in [0.25, 0.3) is 0 Å². The van der Waals surface area contributed by atoms with Gasteiger partial charge in [0.25, 0.3) is 0 Å². The summed E-state index contributed by atoms with van der Waals surface area (Å²) in [6.45, 7) is 1.31. The van der Waals surface area contributed by atoms with E-state index in [-0.39, 0.29) is 0 Å². The summed E-state index contributed by atoms with van der Waals surface area (Å²) in [6, 6.07) is 11.9. The molecule has 0 bridgehead atoms. The van der Waals surface area contributed by atoms with Crippen LogP contribution in [0.1, 0.15) is 11.3 Å². The summed E-state index contributed by atoms with van der Waals surface area (Å²) in [6.07, 6.45) is 1.88. The number of benzene rings is 1. The molecule has 1 heterocycles. The fourth-order valence-corrected chi connectivity index (χ4v) is 3.85. The lowest BCUT2D eigenvalue weighted by atomic mass is 10.2. The average Bonchev–Trinajstić information content (AvgIpc) is 2.89. The summed E-state index contributed by atoms with van der Waals surface area (Å²) < 4.78 is 14.2. The van der Waals surface area contributed by atoms with Crippen LogP contribution in [0, 0.1) is 0 Å². The first-order valence-electron chi connectivity index (χ1n) is 8.11. The largest absolute Gasteiger partial charge is 0.355 e. The first-order chi connectivity index (χ1) is 12.0. The lowest BCUT2D eigenvalue weighted by Crippen LogP contribution is -2.40. The highest BCUT2D eigenvalue weighted by Gasteiger charge is 2.10. The van der Waals surface area contributed by atoms with Gasteiger partial charge in [-0.05, 0) is 11.6 Å². The maximum atomic E-state index is 12.2. The van der Waals surface area contributed by atoms with Gasteiger partial charge < -0.3 is 14.8 Å². The molecule has 0 fully saturated rings. The van der Waals surface area contributed by atoms with E-state index in [1.807, 2.05) is 66.2 Å². The van der Waals surface area contributed by atoms with Crippen LogP contribution < -0.4 is 5.32 Å². The second kappa shape index (κ2) is 9.63. The predicted octanol–water partition coefficient (Wildman–Crippen LogP) is 2.63. The second-order valence-corrected chi connectivity index (χ2v) is 7.88. The van der Waals surface area contributed by atoms with E-state index in [4.69, 9.17) is 11.6 Å². The fraction of sp³-hybridized carbons (Fsp3) is 0.389. The van der Waals surface area contributed by atoms with E-state index in [0.717, 1.165) is 22.2 Å². The number of aliphatic imine (C=N–C) groups is 1. The van der Waals surface area contributed by atoms with E-state index in [2.05, 4.69) is 10.3 Å². The Hall–Kier alpha value is -1.79. The third-order valence-electron chi connectivity index (χ3n) is 3.83. The molecule has 25 heavy (non-hydrogen) atoms. The van der Waals surface area contributed by atoms with Crippen molar-refractivity contribution in [2.24, 2.45) is 12.0 Å². The maximum Gasteiger partial charge on any atom is 0.193 e. The molecule has 0 radical (unpaired) electrons. The highest BCUT2D eigenvalue weighted by atomic mass is 35.5. The molecule has 2 aromatic rings. The molecule has 1 N–H and O–H groups in total. The van der Waals surface area contributed by atoms with Gasteiger partial charge in [0.05, 0.1) is 11.6 Å². The minimum atomic E-state index is -0.898. The number of aromatic nitrogens is 1. The smallest absolute Gasteiger partial charge is 0.193 e. The van der Waals surface area contributed by atoms with Crippen LogP contribution in [0.2, 0.25) is 5.02 Å². The van der Waals surface area contributed by atoms with Gasteiger partial charge in [0.15, 0.2) is 5.96 Å². The molecule has 0 saturated carbocycles. The molecule has 1 unspecified atom stereocenters. The van der Waals surface area contributed by atoms with E-state index in [9.17, 15) is 4.21 Å². The predicted molar refractivity (Wildman–Crippen MR) is 106 cm³/mol. The van der Waals surface area contributed by atoms with Crippen molar-refractivity contribution in [3.05, 3.63) is 58.9 Å². The second-order valence-electron chi connectivity index (χ2n) is 5.86. The zero-order valence-corrected chi connectivity index (χ0v) is 16.5. The quantitative estimate of drug-likeness (QED) is 0.593. The van der Waals surface area contributed by atoms with E-state index in [1.165, 1.54) is 0 Å². The van der Waals surface area contributed by atoms with E-state index in [0.29, 0.717) is 24.6 Å². The van der Waals surface area contributed by atoms with Crippen molar-refractivity contribution in [2.75, 3.05) is 26.4 Å². The molecule has 7 heteroatoms. The highest BCUT2D eigenvalue weighted by Crippen LogP contribution is 2.14. The minimum Gasteiger partial charge on any atom is -0.355 e. The average molecular weight is 381 g/mol. The van der Waals surface area contributed by atoms with Crippen LogP contribution >= 0.6 is 11.6 Å². The van der Waals surface area contributed by atoms with Crippen LogP contribution in [-0.4, -0.2) is 46.0 Å². The Morgan fingerprint density at radius 3 is 2.68 bits per heavy atom. The third-order valence-corrected chi connectivity index (χ3v) is 5.35. The van der Waals surface area contributed by atoms with Crippen molar-refractivity contribution in [2.45, 2.75) is 12.3 Å². The number of nitrogens with zero attached hydrogens (tertiary/aromatic N) is 3. The first kappa shape index (κ1) is 19.5. The van der Waals surface area contributed by atoms with E-state index >= 15 is 0 Å². The first-order valence-corrected chi connectivity index (χ1v) is 9.97. The van der Waals surface area contributed by atoms with Gasteiger partial charge in [-0.25, -0.2) is 0 Å². The molecule has 0 aliphatic rings. The van der Waals surface area contributed by atoms with Gasteiger partial charge in [0, 0.05) is 61.9 Å². The van der Waals surface area contributed by atoms with E-state index < -0.39 is 10.8 Å². The van der Waals surface area contributed by atoms with Gasteiger partial charge >= 0.3 is 0 Å². The zero-order valence-electron chi connectivity index (χ0n) is 14.9. The molecule has 0 amide bonds. The van der Waals surface area contributed by atoms with E-state index in [1.54, 1.807) is 7.05 Å². The van der Waals surface area contributed by atoms with Gasteiger partial charge in [-0.1, -0.05) is 41.9 Å². The molecule has 0 saturated heterocycles. The number of nitrogens with one attached hydrogen (secondary N) is 1. The summed E-state index contributed by atoms with van der Waals surface area (Å²) in [4.78, 5) is 6.31. The molecule has 136 valence electrons. The van der Waals surface area contributed by atoms with Crippen molar-refractivity contribution in [3.8, 4) is 0 Å². The Balaban J connectivity index is 1.79. The van der Waals surface area contributed by atoms with Crippen LogP contribution in [0.3, 0.4) is 0 Å². The summed E-state index contributed by atoms with van der Waals surface area (Å²) in [7, 11) is 4.79. The summed E-state index contributed by atoms with van der Waals surface area (Å²) >= 11 is 6.03. The summed E-state index contributed by atoms with van der Waals surface area (Å²) in [5.74, 6) is 1.94. The van der Waals surface area contributed by atoms with Crippen LogP contribution in [0.4, 0.5) is 0 Å². The monoisotopic (exact) mass is 380 g/mol. The molecule has 5 nitrogen and oxygen atoms in total. The van der Waals surface area contributed by atoms with Crippen molar-refractivity contribution in [1.82, 2.24) is 14.8 Å². The van der Waals surface area contributed by atoms with Crippen LogP contribution in [0.15, 0.2) is 47.6 Å². The Morgan fingerprint density at radius 1 is 1.36 bits per heavy atom. The van der Waals surface area contributed by atoms with Crippen molar-refractivity contribution in [1.29, 1.82) is 0 Å². The lowest BCUT2D eigenvalue weighted by Gasteiger charge is -2.22. The molecule has 2 rings (SSSR count). The SMILES string of the molecule is CN=C(NCCS(=O)Cc1ccccc1)N(C)Cc1cc(Cl)cn1C. The number of hydrogen-bond donors (Lipinski definition) is 1. The zero-order chi connectivity index (χ0) is 18.2. The molecule has 1 aromatic heterocycles. The van der Waals surface area contributed by atoms with Crippen molar-refractivity contribution < 1.29 is 4.21 Å². The normalized spacial score (nSPS) is 12.9. The van der Waals surface area contributed by atoms with Gasteiger partial charge in [-0.3, -0.25) is 9.20 Å². The van der Waals surface area contributed by atoms with Crippen LogP contribution in [-0.2, 0) is 30.1 Å². The Kier molecular flexibility index (Phi) is 7.52. The number of rotatable bonds is 7. The lowest BCUT2D eigenvalue weighted by molar-refractivity contribution is 0.464. The Bertz CT molecular complexity index is 730. The fourth-order valence-electron chi connectivity index (χ4n) is 2.53. The minimum absolute atomic E-state index is 0.581. The topological polar surface area (TPSA) is 49.6 Å². The number of guanidine groups is 1. The number of hydrogen-bond acceptors (Lipinski definition) is 2. The molecule has 0 spiro atoms. The molecule has 1 atom stereocenters. The molecular weight excluding hydrogens is 356 g/mol. The molecular formula is C18H25ClN4OS. The third kappa shape index (κ3) is 6.21. The van der Waals surface area contributed by atoms with Gasteiger partial charge in [-0.2, -0.15) is 0 Å². The maximum absolute atomic E-state index is 12.2. The highest BCUT2D eigenvalue weighted by molar-refractivity contribution is 7.84. The number of aryl methyl sites for hydroxylation is 1. The van der Waals surface area contributed by atoms with Gasteiger partial charge in [0.1, 0.15) is 0 Å². The molecule has 1 aromatic carbocycles. The Labute approximate surface area is 157 Å². The van der Waals surface area contributed by atoms with Gasteiger partial charge in [0.2, 0.25) is 0 Å².